The van der Waals surface area contributed by atoms with Crippen LogP contribution >= 0.6 is 0 Å². The predicted molar refractivity (Wildman–Crippen MR) is 76.6 cm³/mol. The molecule has 1 fully saturated rings. The van der Waals surface area contributed by atoms with E-state index in [0.29, 0.717) is 11.5 Å². The Bertz CT molecular complexity index is 756. The smallest absolute Gasteiger partial charge is 0.315 e. The van der Waals surface area contributed by atoms with Gasteiger partial charge in [0.2, 0.25) is 0 Å². The van der Waals surface area contributed by atoms with E-state index in [9.17, 15) is 9.59 Å². The van der Waals surface area contributed by atoms with Gasteiger partial charge in [0, 0.05) is 11.8 Å². The molecule has 2 aliphatic heterocycles. The second kappa shape index (κ2) is 3.97. The van der Waals surface area contributed by atoms with Crippen LogP contribution in [0.5, 0.6) is 11.5 Å². The molecule has 2 heterocycles. The third-order valence-electron chi connectivity index (χ3n) is 5.07. The Hall–Kier alpha value is -2.62. The van der Waals surface area contributed by atoms with Crippen LogP contribution in [-0.4, -0.2) is 11.9 Å². The Morgan fingerprint density at radius 1 is 0.591 bits per heavy atom. The molecule has 0 N–H and O–H groups in total. The lowest BCUT2D eigenvalue weighted by atomic mass is 9.51. The lowest BCUT2D eigenvalue weighted by molar-refractivity contribution is -0.165. The van der Waals surface area contributed by atoms with E-state index in [1.165, 1.54) is 0 Å². The second-order valence-corrected chi connectivity index (χ2v) is 6.02. The van der Waals surface area contributed by atoms with Crippen LogP contribution < -0.4 is 9.47 Å². The van der Waals surface area contributed by atoms with Gasteiger partial charge in [-0.1, -0.05) is 36.4 Å². The molecule has 0 bridgehead atoms. The van der Waals surface area contributed by atoms with Gasteiger partial charge in [0.25, 0.3) is 0 Å². The number of carbonyl (C=O) groups is 2. The summed E-state index contributed by atoms with van der Waals surface area (Å²) in [6.07, 6.45) is 0. The van der Waals surface area contributed by atoms with Gasteiger partial charge in [0.15, 0.2) is 0 Å². The number of benzene rings is 2. The molecule has 22 heavy (non-hydrogen) atoms. The summed E-state index contributed by atoms with van der Waals surface area (Å²) in [7, 11) is 0. The van der Waals surface area contributed by atoms with Gasteiger partial charge in [0.05, 0.1) is 11.8 Å². The first-order valence-electron chi connectivity index (χ1n) is 7.37. The maximum absolute atomic E-state index is 12.3. The lowest BCUT2D eigenvalue weighted by Crippen LogP contribution is -2.57. The minimum absolute atomic E-state index is 0.00329. The fraction of sp³-hybridized carbons (Fsp3) is 0.222. The van der Waals surface area contributed by atoms with Crippen molar-refractivity contribution >= 4 is 11.9 Å². The van der Waals surface area contributed by atoms with Crippen molar-refractivity contribution in [2.45, 2.75) is 11.8 Å². The maximum atomic E-state index is 12.3. The molecule has 108 valence electrons. The number of para-hydroxylation sites is 2. The third kappa shape index (κ3) is 1.32. The summed E-state index contributed by atoms with van der Waals surface area (Å²) >= 11 is 0. The van der Waals surface area contributed by atoms with Crippen LogP contribution in [0.15, 0.2) is 48.5 Å². The van der Waals surface area contributed by atoms with E-state index < -0.39 is 11.8 Å². The first-order valence-corrected chi connectivity index (χ1v) is 7.37. The zero-order valence-electron chi connectivity index (χ0n) is 11.6. The van der Waals surface area contributed by atoms with Gasteiger partial charge < -0.3 is 9.47 Å². The number of hydrogen-bond donors (Lipinski definition) is 0. The Kier molecular flexibility index (Phi) is 2.16. The first kappa shape index (κ1) is 12.0. The highest BCUT2D eigenvalue weighted by atomic mass is 16.5. The largest absolute Gasteiger partial charge is 0.426 e. The summed E-state index contributed by atoms with van der Waals surface area (Å²) in [6, 6.07) is 15.2. The van der Waals surface area contributed by atoms with Gasteiger partial charge >= 0.3 is 11.9 Å². The topological polar surface area (TPSA) is 52.6 Å². The normalized spacial score (nSPS) is 30.7. The number of hydrogen-bond acceptors (Lipinski definition) is 4. The number of fused-ring (bicyclic) bond motifs is 8. The van der Waals surface area contributed by atoms with Gasteiger partial charge in [0.1, 0.15) is 11.5 Å². The molecule has 0 radical (unpaired) electrons. The van der Waals surface area contributed by atoms with E-state index in [1.54, 1.807) is 0 Å². The van der Waals surface area contributed by atoms with E-state index in [0.717, 1.165) is 11.1 Å². The molecule has 1 saturated carbocycles. The monoisotopic (exact) mass is 292 g/mol. The van der Waals surface area contributed by atoms with Crippen LogP contribution in [-0.2, 0) is 9.59 Å². The summed E-state index contributed by atoms with van der Waals surface area (Å²) in [5, 5.41) is 0. The number of esters is 2. The maximum Gasteiger partial charge on any atom is 0.315 e. The second-order valence-electron chi connectivity index (χ2n) is 6.02. The van der Waals surface area contributed by atoms with Crippen molar-refractivity contribution in [2.24, 2.45) is 11.8 Å². The van der Waals surface area contributed by atoms with Gasteiger partial charge in [-0.15, -0.1) is 0 Å². The van der Waals surface area contributed by atoms with Gasteiger partial charge in [-0.25, -0.2) is 0 Å². The van der Waals surface area contributed by atoms with Crippen molar-refractivity contribution in [3.63, 3.8) is 0 Å². The molecule has 4 nitrogen and oxygen atoms in total. The Morgan fingerprint density at radius 2 is 1.00 bits per heavy atom. The zero-order chi connectivity index (χ0) is 14.8. The van der Waals surface area contributed by atoms with Gasteiger partial charge in [-0.2, -0.15) is 0 Å². The molecule has 4 heteroatoms. The first-order chi connectivity index (χ1) is 10.8. The van der Waals surface area contributed by atoms with E-state index in [4.69, 9.17) is 9.47 Å². The van der Waals surface area contributed by atoms with E-state index >= 15 is 0 Å². The summed E-state index contributed by atoms with van der Waals surface area (Å²) in [5.74, 6) is -0.274. The molecule has 5 rings (SSSR count). The third-order valence-corrected chi connectivity index (χ3v) is 5.07. The minimum Gasteiger partial charge on any atom is -0.426 e. The van der Waals surface area contributed by atoms with Crippen LogP contribution in [0.25, 0.3) is 0 Å². The molecule has 0 spiro atoms. The number of ether oxygens (including phenoxy) is 2. The van der Waals surface area contributed by atoms with Crippen LogP contribution in [0.4, 0.5) is 0 Å². The number of rotatable bonds is 0. The van der Waals surface area contributed by atoms with Crippen LogP contribution in [0.2, 0.25) is 0 Å². The highest BCUT2D eigenvalue weighted by Gasteiger charge is 2.64. The summed E-state index contributed by atoms with van der Waals surface area (Å²) in [4.78, 5) is 24.6. The predicted octanol–water partition coefficient (Wildman–Crippen LogP) is 2.64. The van der Waals surface area contributed by atoms with Crippen LogP contribution in [0.3, 0.4) is 0 Å². The highest BCUT2D eigenvalue weighted by molar-refractivity contribution is 5.92. The lowest BCUT2D eigenvalue weighted by Gasteiger charge is -2.53. The Morgan fingerprint density at radius 3 is 1.45 bits per heavy atom. The molecular formula is C18H12O4. The van der Waals surface area contributed by atoms with Gasteiger partial charge in [-0.05, 0) is 23.3 Å². The molecule has 0 amide bonds. The van der Waals surface area contributed by atoms with Crippen LogP contribution in [0, 0.1) is 11.8 Å². The van der Waals surface area contributed by atoms with E-state index in [2.05, 4.69) is 0 Å². The minimum atomic E-state index is -0.430. The summed E-state index contributed by atoms with van der Waals surface area (Å²) in [6.45, 7) is 0. The molecule has 0 aromatic heterocycles. The molecule has 4 atom stereocenters. The van der Waals surface area contributed by atoms with Crippen molar-refractivity contribution < 1.29 is 19.1 Å². The van der Waals surface area contributed by atoms with Gasteiger partial charge in [-0.3, -0.25) is 9.59 Å². The summed E-state index contributed by atoms with van der Waals surface area (Å²) < 4.78 is 10.8. The zero-order valence-corrected chi connectivity index (χ0v) is 11.6. The molecule has 1 aliphatic carbocycles. The Balaban J connectivity index is 1.71. The highest BCUT2D eigenvalue weighted by Crippen LogP contribution is 2.64. The molecule has 3 aliphatic rings. The van der Waals surface area contributed by atoms with Crippen molar-refractivity contribution in [1.82, 2.24) is 0 Å². The average molecular weight is 292 g/mol. The van der Waals surface area contributed by atoms with Crippen molar-refractivity contribution in [1.29, 1.82) is 0 Å². The van der Waals surface area contributed by atoms with E-state index in [1.807, 2.05) is 48.5 Å². The summed E-state index contributed by atoms with van der Waals surface area (Å²) in [5.41, 5.74) is 2.02. The van der Waals surface area contributed by atoms with Crippen molar-refractivity contribution in [3.8, 4) is 11.5 Å². The molecule has 0 unspecified atom stereocenters. The SMILES string of the molecule is O=C1Oc2ccccc2[C@H]2[C@H]1[C@@H]1C(=O)Oc3ccccc3[C@@H]12. The fourth-order valence-electron chi connectivity index (χ4n) is 4.16. The van der Waals surface area contributed by atoms with Crippen molar-refractivity contribution in [3.05, 3.63) is 59.7 Å². The van der Waals surface area contributed by atoms with Crippen LogP contribution in [0.1, 0.15) is 23.0 Å². The Labute approximate surface area is 126 Å². The molecular weight excluding hydrogens is 280 g/mol. The molecule has 2 aromatic carbocycles. The quantitative estimate of drug-likeness (QED) is 0.553. The molecule has 0 saturated heterocycles. The fourth-order valence-corrected chi connectivity index (χ4v) is 4.16. The van der Waals surface area contributed by atoms with Crippen molar-refractivity contribution in [2.75, 3.05) is 0 Å². The average Bonchev–Trinajstić information content (AvgIpc) is 2.49. The number of carbonyl (C=O) groups excluding carboxylic acids is 2. The molecule has 2 aromatic rings. The van der Waals surface area contributed by atoms with E-state index in [-0.39, 0.29) is 23.8 Å². The standard InChI is InChI=1S/C18H12O4/c19-17-15-13(9-5-1-3-7-11(9)21-17)14-10-6-2-4-8-12(10)22-18(20)16(14)15/h1-8,13-16H/t13-,14-,15-,16+/m1/s1.